The normalized spacial score (nSPS) is 12.1. The lowest BCUT2D eigenvalue weighted by atomic mass is 10.1. The van der Waals surface area contributed by atoms with Gasteiger partial charge in [0.15, 0.2) is 0 Å². The number of rotatable bonds is 7. The van der Waals surface area contributed by atoms with Crippen LogP contribution in [0.1, 0.15) is 24.1 Å². The maximum Gasteiger partial charge on any atom is 0.234 e. The van der Waals surface area contributed by atoms with Gasteiger partial charge in [0.1, 0.15) is 5.75 Å². The topological polar surface area (TPSA) is 41.6 Å². The van der Waals surface area contributed by atoms with Gasteiger partial charge in [-0.25, -0.2) is 0 Å². The average molecular weight is 362 g/mol. The average Bonchev–Trinajstić information content (AvgIpc) is 2.68. The van der Waals surface area contributed by atoms with Gasteiger partial charge in [-0.2, -0.15) is 0 Å². The van der Waals surface area contributed by atoms with E-state index in [0.29, 0.717) is 6.54 Å². The number of benzene rings is 3. The highest BCUT2D eigenvalue weighted by Gasteiger charge is 2.12. The SMILES string of the molecule is COc1ccc2cc(CN(C)CC(=O)N[C@H](C)c3ccccc3)ccc2c1. The Morgan fingerprint density at radius 2 is 1.74 bits per heavy atom. The molecule has 0 radical (unpaired) electrons. The van der Waals surface area contributed by atoms with Crippen molar-refractivity contribution in [2.45, 2.75) is 19.5 Å². The molecule has 1 amide bonds. The highest BCUT2D eigenvalue weighted by atomic mass is 16.5. The first-order valence-electron chi connectivity index (χ1n) is 9.14. The lowest BCUT2D eigenvalue weighted by Gasteiger charge is -2.19. The van der Waals surface area contributed by atoms with Crippen molar-refractivity contribution in [2.75, 3.05) is 20.7 Å². The molecule has 0 unspecified atom stereocenters. The monoisotopic (exact) mass is 362 g/mol. The molecule has 1 atom stereocenters. The molecule has 4 nitrogen and oxygen atoms in total. The summed E-state index contributed by atoms with van der Waals surface area (Å²) in [5, 5.41) is 5.38. The number of nitrogens with zero attached hydrogens (tertiary/aromatic N) is 1. The van der Waals surface area contributed by atoms with E-state index in [0.717, 1.165) is 23.2 Å². The summed E-state index contributed by atoms with van der Waals surface area (Å²) in [5.41, 5.74) is 2.29. The fourth-order valence-electron chi connectivity index (χ4n) is 3.22. The number of likely N-dealkylation sites (N-methyl/N-ethyl adjacent to an activating group) is 1. The third-order valence-electron chi connectivity index (χ3n) is 4.65. The zero-order chi connectivity index (χ0) is 19.2. The lowest BCUT2D eigenvalue weighted by Crippen LogP contribution is -2.36. The number of nitrogens with one attached hydrogen (secondary N) is 1. The van der Waals surface area contributed by atoms with E-state index in [4.69, 9.17) is 4.74 Å². The number of hydrogen-bond donors (Lipinski definition) is 1. The molecule has 1 N–H and O–H groups in total. The van der Waals surface area contributed by atoms with Crippen LogP contribution in [0, 0.1) is 0 Å². The Morgan fingerprint density at radius 1 is 1.04 bits per heavy atom. The van der Waals surface area contributed by atoms with Crippen molar-refractivity contribution in [1.29, 1.82) is 0 Å². The lowest BCUT2D eigenvalue weighted by molar-refractivity contribution is -0.122. The number of carbonyl (C=O) groups excluding carboxylic acids is 1. The number of hydrogen-bond acceptors (Lipinski definition) is 3. The van der Waals surface area contributed by atoms with Crippen molar-refractivity contribution in [3.05, 3.63) is 77.9 Å². The third-order valence-corrected chi connectivity index (χ3v) is 4.65. The first-order chi connectivity index (χ1) is 13.0. The Balaban J connectivity index is 1.57. The summed E-state index contributed by atoms with van der Waals surface area (Å²) in [6.45, 7) is 3.08. The molecular formula is C23H26N2O2. The van der Waals surface area contributed by atoms with Gasteiger partial charge in [-0.15, -0.1) is 0 Å². The van der Waals surface area contributed by atoms with Crippen LogP contribution < -0.4 is 10.1 Å². The molecule has 4 heteroatoms. The number of methoxy groups -OCH3 is 1. The van der Waals surface area contributed by atoms with E-state index in [-0.39, 0.29) is 11.9 Å². The summed E-state index contributed by atoms with van der Waals surface area (Å²) in [6.07, 6.45) is 0. The van der Waals surface area contributed by atoms with Gasteiger partial charge < -0.3 is 10.1 Å². The third kappa shape index (κ3) is 5.08. The van der Waals surface area contributed by atoms with Gasteiger partial charge in [-0.3, -0.25) is 9.69 Å². The van der Waals surface area contributed by atoms with Crippen LogP contribution in [0.3, 0.4) is 0 Å². The molecule has 27 heavy (non-hydrogen) atoms. The predicted octanol–water partition coefficient (Wildman–Crippen LogP) is 4.16. The Bertz CT molecular complexity index is 909. The van der Waals surface area contributed by atoms with Gasteiger partial charge in [0.25, 0.3) is 0 Å². The Morgan fingerprint density at radius 3 is 2.48 bits per heavy atom. The van der Waals surface area contributed by atoms with Gasteiger partial charge in [-0.1, -0.05) is 48.5 Å². The molecule has 0 saturated heterocycles. The summed E-state index contributed by atoms with van der Waals surface area (Å²) in [5.74, 6) is 0.885. The molecule has 3 aromatic carbocycles. The van der Waals surface area contributed by atoms with Crippen LogP contribution in [0.5, 0.6) is 5.75 Å². The van der Waals surface area contributed by atoms with Crippen LogP contribution in [-0.2, 0) is 11.3 Å². The minimum Gasteiger partial charge on any atom is -0.497 e. The summed E-state index contributed by atoms with van der Waals surface area (Å²) >= 11 is 0. The van der Waals surface area contributed by atoms with E-state index in [9.17, 15) is 4.79 Å². The summed E-state index contributed by atoms with van der Waals surface area (Å²) < 4.78 is 5.27. The van der Waals surface area contributed by atoms with Crippen molar-refractivity contribution in [1.82, 2.24) is 10.2 Å². The standard InChI is InChI=1S/C23H26N2O2/c1-17(19-7-5-4-6-8-19)24-23(26)16-25(2)15-18-9-10-21-14-22(27-3)12-11-20(21)13-18/h4-14,17H,15-16H2,1-3H3,(H,24,26)/t17-/m1/s1. The first kappa shape index (κ1) is 18.9. The fourth-order valence-corrected chi connectivity index (χ4v) is 3.22. The van der Waals surface area contributed by atoms with Crippen LogP contribution in [0.4, 0.5) is 0 Å². The second kappa shape index (κ2) is 8.69. The second-order valence-electron chi connectivity index (χ2n) is 6.92. The maximum absolute atomic E-state index is 12.3. The van der Waals surface area contributed by atoms with Crippen molar-refractivity contribution in [3.63, 3.8) is 0 Å². The molecule has 0 aliphatic carbocycles. The molecule has 3 aromatic rings. The highest BCUT2D eigenvalue weighted by Crippen LogP contribution is 2.22. The minimum atomic E-state index is 0.00255. The molecule has 0 aromatic heterocycles. The van der Waals surface area contributed by atoms with Crippen LogP contribution in [0.2, 0.25) is 0 Å². The minimum absolute atomic E-state index is 0.00255. The molecular weight excluding hydrogens is 336 g/mol. The molecule has 0 aliphatic heterocycles. The largest absolute Gasteiger partial charge is 0.497 e. The molecule has 0 spiro atoms. The molecule has 0 saturated carbocycles. The molecule has 0 heterocycles. The molecule has 0 aliphatic rings. The number of ether oxygens (including phenoxy) is 1. The predicted molar refractivity (Wildman–Crippen MR) is 110 cm³/mol. The Hall–Kier alpha value is -2.85. The quantitative estimate of drug-likeness (QED) is 0.686. The smallest absolute Gasteiger partial charge is 0.234 e. The summed E-state index contributed by atoms with van der Waals surface area (Å²) in [4.78, 5) is 14.4. The summed E-state index contributed by atoms with van der Waals surface area (Å²) in [6, 6.07) is 22.4. The summed E-state index contributed by atoms with van der Waals surface area (Å²) in [7, 11) is 3.64. The van der Waals surface area contributed by atoms with Crippen molar-refractivity contribution in [2.24, 2.45) is 0 Å². The molecule has 140 valence electrons. The van der Waals surface area contributed by atoms with Gasteiger partial charge in [0.05, 0.1) is 19.7 Å². The van der Waals surface area contributed by atoms with Crippen molar-refractivity contribution < 1.29 is 9.53 Å². The van der Waals surface area contributed by atoms with E-state index in [1.54, 1.807) is 7.11 Å². The van der Waals surface area contributed by atoms with E-state index in [1.807, 2.05) is 61.3 Å². The highest BCUT2D eigenvalue weighted by molar-refractivity contribution is 5.84. The second-order valence-corrected chi connectivity index (χ2v) is 6.92. The Kier molecular flexibility index (Phi) is 6.09. The zero-order valence-electron chi connectivity index (χ0n) is 16.1. The molecule has 0 fully saturated rings. The molecule has 0 bridgehead atoms. The number of carbonyl (C=O) groups is 1. The van der Waals surface area contributed by atoms with E-state index in [1.165, 1.54) is 10.9 Å². The number of fused-ring (bicyclic) bond motifs is 1. The maximum atomic E-state index is 12.3. The van der Waals surface area contributed by atoms with Gasteiger partial charge in [0, 0.05) is 6.54 Å². The van der Waals surface area contributed by atoms with Gasteiger partial charge in [-0.05, 0) is 54.1 Å². The number of amides is 1. The van der Waals surface area contributed by atoms with Crippen molar-refractivity contribution >= 4 is 16.7 Å². The zero-order valence-corrected chi connectivity index (χ0v) is 16.1. The molecule has 3 rings (SSSR count). The Labute approximate surface area is 160 Å². The van der Waals surface area contributed by atoms with E-state index >= 15 is 0 Å². The van der Waals surface area contributed by atoms with Crippen LogP contribution in [0.15, 0.2) is 66.7 Å². The van der Waals surface area contributed by atoms with Crippen LogP contribution in [-0.4, -0.2) is 31.5 Å². The fraction of sp³-hybridized carbons (Fsp3) is 0.261. The van der Waals surface area contributed by atoms with E-state index < -0.39 is 0 Å². The van der Waals surface area contributed by atoms with E-state index in [2.05, 4.69) is 29.6 Å². The van der Waals surface area contributed by atoms with Crippen LogP contribution in [0.25, 0.3) is 10.8 Å². The first-order valence-corrected chi connectivity index (χ1v) is 9.14. The van der Waals surface area contributed by atoms with Gasteiger partial charge in [0.2, 0.25) is 5.91 Å². The van der Waals surface area contributed by atoms with Gasteiger partial charge >= 0.3 is 0 Å². The van der Waals surface area contributed by atoms with Crippen molar-refractivity contribution in [3.8, 4) is 5.75 Å². The van der Waals surface area contributed by atoms with Crippen LogP contribution >= 0.6 is 0 Å².